The topological polar surface area (TPSA) is 60.7 Å². The molecular weight excluding hydrogens is 486 g/mol. The lowest BCUT2D eigenvalue weighted by Gasteiger charge is -2.35. The van der Waals surface area contributed by atoms with E-state index in [9.17, 15) is 9.90 Å². The molecule has 214 valence electrons. The number of aryl methyl sites for hydroxylation is 1. The Morgan fingerprint density at radius 3 is 2.28 bits per heavy atom. The number of carbonyl (C=O) groups excluding carboxylic acids is 1. The van der Waals surface area contributed by atoms with Gasteiger partial charge in [-0.1, -0.05) is 79.5 Å². The van der Waals surface area contributed by atoms with Gasteiger partial charge in [0.15, 0.2) is 0 Å². The van der Waals surface area contributed by atoms with Crippen molar-refractivity contribution in [1.29, 1.82) is 0 Å². The standard InChI is InChI=1S/C34H49NO4/c1-8-9-12-19-35-30-14-11-10-13-26(30)20-31(35)25-15-17-29(18-16-25)38-23-28(36)24-39-32(37)21-27(34(5,6)7)22-33(2,3)4/h10-11,13-18,20,27-28,36H,8-9,12,19,21-24H2,1-7H3. The average molecular weight is 536 g/mol. The predicted molar refractivity (Wildman–Crippen MR) is 161 cm³/mol. The van der Waals surface area contributed by atoms with Crippen molar-refractivity contribution in [3.63, 3.8) is 0 Å². The van der Waals surface area contributed by atoms with Crippen LogP contribution in [0.4, 0.5) is 0 Å². The van der Waals surface area contributed by atoms with Crippen molar-refractivity contribution in [2.45, 2.75) is 93.2 Å². The second-order valence-corrected chi connectivity index (χ2v) is 13.2. The van der Waals surface area contributed by atoms with Gasteiger partial charge in [-0.3, -0.25) is 4.79 Å². The van der Waals surface area contributed by atoms with Crippen LogP contribution in [0.15, 0.2) is 54.6 Å². The third kappa shape index (κ3) is 9.42. The summed E-state index contributed by atoms with van der Waals surface area (Å²) in [5.74, 6) is 0.620. The fraction of sp³-hybridized carbons (Fsp3) is 0.559. The number of esters is 1. The minimum Gasteiger partial charge on any atom is -0.491 e. The first-order valence-corrected chi connectivity index (χ1v) is 14.5. The van der Waals surface area contributed by atoms with Crippen LogP contribution in [-0.4, -0.2) is 35.0 Å². The number of hydrogen-bond donors (Lipinski definition) is 1. The van der Waals surface area contributed by atoms with Crippen LogP contribution >= 0.6 is 0 Å². The van der Waals surface area contributed by atoms with E-state index in [4.69, 9.17) is 9.47 Å². The smallest absolute Gasteiger partial charge is 0.306 e. The van der Waals surface area contributed by atoms with E-state index in [2.05, 4.69) is 95.5 Å². The van der Waals surface area contributed by atoms with Crippen LogP contribution in [-0.2, 0) is 16.1 Å². The zero-order valence-corrected chi connectivity index (χ0v) is 25.1. The van der Waals surface area contributed by atoms with Gasteiger partial charge >= 0.3 is 5.97 Å². The molecule has 5 nitrogen and oxygen atoms in total. The third-order valence-electron chi connectivity index (χ3n) is 7.32. The first-order valence-electron chi connectivity index (χ1n) is 14.5. The number of fused-ring (bicyclic) bond motifs is 1. The number of hydrogen-bond acceptors (Lipinski definition) is 4. The predicted octanol–water partition coefficient (Wildman–Crippen LogP) is 8.27. The lowest BCUT2D eigenvalue weighted by Crippen LogP contribution is -2.30. The maximum Gasteiger partial charge on any atom is 0.306 e. The first-order chi connectivity index (χ1) is 18.4. The van der Waals surface area contributed by atoms with Crippen LogP contribution in [0.5, 0.6) is 5.75 Å². The van der Waals surface area contributed by atoms with Gasteiger partial charge in [0.25, 0.3) is 0 Å². The quantitative estimate of drug-likeness (QED) is 0.177. The largest absolute Gasteiger partial charge is 0.491 e. The van der Waals surface area contributed by atoms with E-state index in [0.717, 1.165) is 24.9 Å². The number of aromatic nitrogens is 1. The zero-order chi connectivity index (χ0) is 28.6. The van der Waals surface area contributed by atoms with Crippen LogP contribution < -0.4 is 4.74 Å². The maximum atomic E-state index is 12.5. The van der Waals surface area contributed by atoms with Crippen LogP contribution in [0.3, 0.4) is 0 Å². The molecular formula is C34H49NO4. The number of nitrogens with zero attached hydrogens (tertiary/aromatic N) is 1. The minimum absolute atomic E-state index is 0.00403. The molecule has 0 saturated carbocycles. The van der Waals surface area contributed by atoms with Gasteiger partial charge in [0.2, 0.25) is 0 Å². The molecule has 1 heterocycles. The van der Waals surface area contributed by atoms with Crippen molar-refractivity contribution in [2.75, 3.05) is 13.2 Å². The molecule has 5 heteroatoms. The van der Waals surface area contributed by atoms with Crippen LogP contribution in [0, 0.1) is 16.7 Å². The molecule has 1 N–H and O–H groups in total. The Hall–Kier alpha value is -2.79. The van der Waals surface area contributed by atoms with E-state index < -0.39 is 6.10 Å². The average Bonchev–Trinajstić information content (AvgIpc) is 3.23. The van der Waals surface area contributed by atoms with Crippen molar-refractivity contribution in [1.82, 2.24) is 4.57 Å². The van der Waals surface area contributed by atoms with E-state index in [1.807, 2.05) is 12.1 Å². The molecule has 1 aromatic heterocycles. The van der Waals surface area contributed by atoms with Crippen molar-refractivity contribution < 1.29 is 19.4 Å². The molecule has 2 aromatic carbocycles. The lowest BCUT2D eigenvalue weighted by atomic mass is 9.71. The molecule has 0 bridgehead atoms. The maximum absolute atomic E-state index is 12.5. The number of carbonyl (C=O) groups is 1. The molecule has 39 heavy (non-hydrogen) atoms. The number of para-hydroxylation sites is 1. The monoisotopic (exact) mass is 535 g/mol. The van der Waals surface area contributed by atoms with E-state index >= 15 is 0 Å². The normalized spacial score (nSPS) is 13.8. The number of ether oxygens (including phenoxy) is 2. The van der Waals surface area contributed by atoms with E-state index in [1.54, 1.807) is 0 Å². The fourth-order valence-electron chi connectivity index (χ4n) is 5.05. The van der Waals surface area contributed by atoms with E-state index in [-0.39, 0.29) is 35.9 Å². The summed E-state index contributed by atoms with van der Waals surface area (Å²) < 4.78 is 13.6. The Morgan fingerprint density at radius 1 is 0.949 bits per heavy atom. The van der Waals surface area contributed by atoms with Gasteiger partial charge in [0.1, 0.15) is 25.1 Å². The third-order valence-corrected chi connectivity index (χ3v) is 7.32. The molecule has 3 rings (SSSR count). The van der Waals surface area contributed by atoms with Gasteiger partial charge in [-0.15, -0.1) is 0 Å². The minimum atomic E-state index is -0.884. The van der Waals surface area contributed by atoms with Crippen LogP contribution in [0.2, 0.25) is 0 Å². The molecule has 3 aromatic rings. The summed E-state index contributed by atoms with van der Waals surface area (Å²) in [5.41, 5.74) is 3.73. The van der Waals surface area contributed by atoms with Gasteiger partial charge in [0, 0.05) is 29.6 Å². The summed E-state index contributed by atoms with van der Waals surface area (Å²) >= 11 is 0. The molecule has 0 aliphatic rings. The number of aliphatic hydroxyl groups is 1. The molecule has 0 spiro atoms. The number of rotatable bonds is 13. The Morgan fingerprint density at radius 2 is 1.64 bits per heavy atom. The van der Waals surface area contributed by atoms with Gasteiger partial charge in [0.05, 0.1) is 0 Å². The Kier molecular flexibility index (Phi) is 10.7. The van der Waals surface area contributed by atoms with E-state index in [0.29, 0.717) is 12.2 Å². The summed E-state index contributed by atoms with van der Waals surface area (Å²) in [5, 5.41) is 11.6. The number of benzene rings is 2. The van der Waals surface area contributed by atoms with Crippen LogP contribution in [0.25, 0.3) is 22.2 Å². The van der Waals surface area contributed by atoms with E-state index in [1.165, 1.54) is 29.4 Å². The summed E-state index contributed by atoms with van der Waals surface area (Å²) in [7, 11) is 0. The van der Waals surface area contributed by atoms with Crippen molar-refractivity contribution >= 4 is 16.9 Å². The second-order valence-electron chi connectivity index (χ2n) is 13.2. The van der Waals surface area contributed by atoms with Gasteiger partial charge in [-0.05, 0) is 71.6 Å². The zero-order valence-electron chi connectivity index (χ0n) is 25.1. The molecule has 0 radical (unpaired) electrons. The Balaban J connectivity index is 1.54. The van der Waals surface area contributed by atoms with Crippen molar-refractivity contribution in [3.8, 4) is 17.0 Å². The Bertz CT molecular complexity index is 1180. The van der Waals surface area contributed by atoms with Crippen molar-refractivity contribution in [2.24, 2.45) is 16.7 Å². The molecule has 0 aliphatic heterocycles. The summed E-state index contributed by atoms with van der Waals surface area (Å²) in [6, 6.07) is 18.8. The molecule has 0 aliphatic carbocycles. The highest BCUT2D eigenvalue weighted by Crippen LogP contribution is 2.38. The molecule has 2 unspecified atom stereocenters. The lowest BCUT2D eigenvalue weighted by molar-refractivity contribution is -0.149. The van der Waals surface area contributed by atoms with Crippen molar-refractivity contribution in [3.05, 3.63) is 54.6 Å². The van der Waals surface area contributed by atoms with Gasteiger partial charge in [-0.25, -0.2) is 0 Å². The molecule has 0 saturated heterocycles. The highest BCUT2D eigenvalue weighted by molar-refractivity contribution is 5.87. The molecule has 0 amide bonds. The SMILES string of the molecule is CCCCCn1c(-c2ccc(OCC(O)COC(=O)CC(CC(C)(C)C)C(C)(C)C)cc2)cc2ccccc21. The summed E-state index contributed by atoms with van der Waals surface area (Å²) in [6.07, 6.45) is 3.97. The molecule has 0 fully saturated rings. The highest BCUT2D eigenvalue weighted by atomic mass is 16.5. The Labute approximate surface area is 235 Å². The first kappa shape index (κ1) is 30.7. The number of aliphatic hydroxyl groups excluding tert-OH is 1. The number of unbranched alkanes of at least 4 members (excludes halogenated alkanes) is 2. The van der Waals surface area contributed by atoms with Gasteiger partial charge < -0.3 is 19.1 Å². The van der Waals surface area contributed by atoms with Crippen LogP contribution in [0.1, 0.15) is 80.6 Å². The highest BCUT2D eigenvalue weighted by Gasteiger charge is 2.31. The second kappa shape index (κ2) is 13.5. The molecule has 2 atom stereocenters. The summed E-state index contributed by atoms with van der Waals surface area (Å²) in [6.45, 7) is 16.3. The fourth-order valence-corrected chi connectivity index (χ4v) is 5.05. The van der Waals surface area contributed by atoms with Gasteiger partial charge in [-0.2, -0.15) is 0 Å². The summed E-state index contributed by atoms with van der Waals surface area (Å²) in [4.78, 5) is 12.5.